The van der Waals surface area contributed by atoms with Gasteiger partial charge in [-0.1, -0.05) is 60.7 Å². The predicted octanol–water partition coefficient (Wildman–Crippen LogP) is 5.69. The lowest BCUT2D eigenvalue weighted by atomic mass is 10.0. The van der Waals surface area contributed by atoms with Crippen molar-refractivity contribution in [2.45, 2.75) is 13.0 Å². The van der Waals surface area contributed by atoms with E-state index in [9.17, 15) is 4.79 Å². The number of rotatable bonds is 5. The van der Waals surface area contributed by atoms with E-state index in [2.05, 4.69) is 0 Å². The molecule has 3 aromatic carbocycles. The zero-order chi connectivity index (χ0) is 21.2. The van der Waals surface area contributed by atoms with Crippen molar-refractivity contribution in [1.82, 2.24) is 4.98 Å². The van der Waals surface area contributed by atoms with Crippen molar-refractivity contribution < 1.29 is 14.3 Å². The second kappa shape index (κ2) is 8.07. The summed E-state index contributed by atoms with van der Waals surface area (Å²) in [6.45, 7) is 0.510. The molecule has 5 rings (SSSR count). The molecule has 0 spiro atoms. The lowest BCUT2D eigenvalue weighted by molar-refractivity contribution is 0.0599. The van der Waals surface area contributed by atoms with Crippen LogP contribution in [-0.4, -0.2) is 18.1 Å². The molecule has 4 heteroatoms. The largest absolute Gasteiger partial charge is 0.489 e. The average molecular weight is 407 g/mol. The Labute approximate surface area is 181 Å². The summed E-state index contributed by atoms with van der Waals surface area (Å²) < 4.78 is 11.1. The first kappa shape index (κ1) is 19.1. The molecular formula is C27H21NO3. The van der Waals surface area contributed by atoms with E-state index in [1.165, 1.54) is 7.11 Å². The van der Waals surface area contributed by atoms with Crippen LogP contribution in [0.3, 0.4) is 0 Å². The van der Waals surface area contributed by atoms with Crippen molar-refractivity contribution in [2.24, 2.45) is 0 Å². The molecule has 0 unspecified atom stereocenters. The van der Waals surface area contributed by atoms with Crippen molar-refractivity contribution in [2.75, 3.05) is 7.11 Å². The molecule has 0 saturated heterocycles. The number of aromatic nitrogens is 1. The monoisotopic (exact) mass is 407 g/mol. The normalized spacial score (nSPS) is 11.5. The number of pyridine rings is 1. The first-order valence-corrected chi connectivity index (χ1v) is 10.2. The average Bonchev–Trinajstić information content (AvgIpc) is 3.20. The van der Waals surface area contributed by atoms with E-state index in [0.29, 0.717) is 18.6 Å². The van der Waals surface area contributed by atoms with Crippen molar-refractivity contribution in [1.29, 1.82) is 0 Å². The smallest absolute Gasteiger partial charge is 0.338 e. The van der Waals surface area contributed by atoms with Crippen LogP contribution in [-0.2, 0) is 17.8 Å². The number of esters is 1. The van der Waals surface area contributed by atoms with Crippen LogP contribution < -0.4 is 4.74 Å². The number of nitrogens with zero attached hydrogens (tertiary/aromatic N) is 1. The second-order valence-corrected chi connectivity index (χ2v) is 7.51. The highest BCUT2D eigenvalue weighted by atomic mass is 16.5. The van der Waals surface area contributed by atoms with Gasteiger partial charge in [-0.25, -0.2) is 9.78 Å². The highest BCUT2D eigenvalue weighted by Crippen LogP contribution is 2.40. The second-order valence-electron chi connectivity index (χ2n) is 7.51. The summed E-state index contributed by atoms with van der Waals surface area (Å²) in [7, 11) is 1.41. The summed E-state index contributed by atoms with van der Waals surface area (Å²) in [6.07, 6.45) is 0.625. The molecule has 31 heavy (non-hydrogen) atoms. The van der Waals surface area contributed by atoms with Gasteiger partial charge in [0.15, 0.2) is 0 Å². The van der Waals surface area contributed by atoms with Gasteiger partial charge in [-0.15, -0.1) is 0 Å². The lowest BCUT2D eigenvalue weighted by Crippen LogP contribution is -2.07. The van der Waals surface area contributed by atoms with Gasteiger partial charge in [-0.05, 0) is 41.0 Å². The van der Waals surface area contributed by atoms with E-state index in [-0.39, 0.29) is 5.97 Å². The Balaban J connectivity index is 1.51. The van der Waals surface area contributed by atoms with Crippen LogP contribution in [0.25, 0.3) is 22.5 Å². The fourth-order valence-electron chi connectivity index (χ4n) is 3.99. The number of hydrogen-bond acceptors (Lipinski definition) is 4. The fourth-order valence-corrected chi connectivity index (χ4v) is 3.99. The molecule has 0 saturated carbocycles. The van der Waals surface area contributed by atoms with Gasteiger partial charge in [-0.2, -0.15) is 0 Å². The molecule has 1 aliphatic rings. The third-order valence-electron chi connectivity index (χ3n) is 5.55. The third kappa shape index (κ3) is 3.68. The molecule has 152 valence electrons. The maximum atomic E-state index is 12.6. The van der Waals surface area contributed by atoms with Crippen LogP contribution >= 0.6 is 0 Å². The van der Waals surface area contributed by atoms with E-state index >= 15 is 0 Å². The lowest BCUT2D eigenvalue weighted by Gasteiger charge is -2.10. The number of ether oxygens (including phenoxy) is 2. The van der Waals surface area contributed by atoms with Crippen LogP contribution in [0.15, 0.2) is 84.9 Å². The Morgan fingerprint density at radius 1 is 0.935 bits per heavy atom. The summed E-state index contributed by atoms with van der Waals surface area (Å²) in [4.78, 5) is 17.5. The first-order chi connectivity index (χ1) is 15.2. The highest BCUT2D eigenvalue weighted by Gasteiger charge is 2.27. The van der Waals surface area contributed by atoms with Crippen LogP contribution in [0, 0.1) is 0 Å². The molecule has 0 fully saturated rings. The minimum absolute atomic E-state index is 0.343. The molecule has 4 nitrogen and oxygen atoms in total. The number of benzene rings is 3. The van der Waals surface area contributed by atoms with E-state index in [1.807, 2.05) is 84.9 Å². The molecule has 0 N–H and O–H groups in total. The zero-order valence-corrected chi connectivity index (χ0v) is 17.2. The van der Waals surface area contributed by atoms with Gasteiger partial charge in [0.2, 0.25) is 0 Å². The van der Waals surface area contributed by atoms with Gasteiger partial charge < -0.3 is 9.47 Å². The number of carbonyl (C=O) groups excluding carboxylic acids is 1. The van der Waals surface area contributed by atoms with Gasteiger partial charge in [0.25, 0.3) is 0 Å². The first-order valence-electron chi connectivity index (χ1n) is 10.2. The Hall–Kier alpha value is -3.92. The molecule has 1 aromatic heterocycles. The quantitative estimate of drug-likeness (QED) is 0.352. The maximum Gasteiger partial charge on any atom is 0.338 e. The highest BCUT2D eigenvalue weighted by molar-refractivity contribution is 5.96. The van der Waals surface area contributed by atoms with Crippen molar-refractivity contribution >= 4 is 5.97 Å². The molecule has 0 radical (unpaired) electrons. The molecule has 1 heterocycles. The van der Waals surface area contributed by atoms with E-state index in [4.69, 9.17) is 14.5 Å². The summed E-state index contributed by atoms with van der Waals surface area (Å²) in [5.74, 6) is 0.461. The molecule has 1 aliphatic carbocycles. The number of fused-ring (bicyclic) bond motifs is 3. The molecule has 4 aromatic rings. The summed E-state index contributed by atoms with van der Waals surface area (Å²) in [5, 5.41) is 0. The van der Waals surface area contributed by atoms with Crippen LogP contribution in [0.5, 0.6) is 5.75 Å². The minimum atomic E-state index is -0.343. The predicted molar refractivity (Wildman–Crippen MR) is 120 cm³/mol. The minimum Gasteiger partial charge on any atom is -0.489 e. The summed E-state index contributed by atoms with van der Waals surface area (Å²) >= 11 is 0. The Morgan fingerprint density at radius 2 is 1.68 bits per heavy atom. The molecule has 0 amide bonds. The van der Waals surface area contributed by atoms with Gasteiger partial charge in [0, 0.05) is 17.5 Å². The van der Waals surface area contributed by atoms with E-state index in [1.54, 1.807) is 0 Å². The molecule has 0 atom stereocenters. The van der Waals surface area contributed by atoms with Crippen LogP contribution in [0.2, 0.25) is 0 Å². The van der Waals surface area contributed by atoms with Crippen LogP contribution in [0.1, 0.15) is 27.0 Å². The standard InChI is InChI=1S/C27H21NO3/c1-30-27(29)24-16-25(19-10-6-3-7-11-19)28-26-22-13-12-21(14-20(22)15-23(24)26)31-17-18-8-4-2-5-9-18/h2-14,16H,15,17H2,1H3. The topological polar surface area (TPSA) is 48.4 Å². The summed E-state index contributed by atoms with van der Waals surface area (Å²) in [5.41, 5.74) is 7.29. The van der Waals surface area contributed by atoms with E-state index < -0.39 is 0 Å². The number of methoxy groups -OCH3 is 1. The van der Waals surface area contributed by atoms with Gasteiger partial charge in [0.05, 0.1) is 24.1 Å². The Bertz CT molecular complexity index is 1250. The zero-order valence-electron chi connectivity index (χ0n) is 17.2. The van der Waals surface area contributed by atoms with Crippen molar-refractivity contribution in [3.05, 3.63) is 107 Å². The third-order valence-corrected chi connectivity index (χ3v) is 5.55. The van der Waals surface area contributed by atoms with Gasteiger partial charge >= 0.3 is 5.97 Å². The van der Waals surface area contributed by atoms with E-state index in [0.717, 1.165) is 45.0 Å². The fraction of sp³-hybridized carbons (Fsp3) is 0.111. The van der Waals surface area contributed by atoms with Crippen LogP contribution in [0.4, 0.5) is 0 Å². The van der Waals surface area contributed by atoms with Gasteiger partial charge in [-0.3, -0.25) is 0 Å². The summed E-state index contributed by atoms with van der Waals surface area (Å²) in [6, 6.07) is 27.8. The molecular weight excluding hydrogens is 386 g/mol. The van der Waals surface area contributed by atoms with Gasteiger partial charge in [0.1, 0.15) is 12.4 Å². The number of carbonyl (C=O) groups is 1. The number of hydrogen-bond donors (Lipinski definition) is 0. The molecule has 0 aliphatic heterocycles. The van der Waals surface area contributed by atoms with Crippen molar-refractivity contribution in [3.8, 4) is 28.3 Å². The Morgan fingerprint density at radius 3 is 2.42 bits per heavy atom. The SMILES string of the molecule is COC(=O)c1cc(-c2ccccc2)nc2c1Cc1cc(OCc3ccccc3)ccc1-2. The van der Waals surface area contributed by atoms with Crippen molar-refractivity contribution in [3.63, 3.8) is 0 Å². The Kier molecular flexibility index (Phi) is 4.97. The molecule has 0 bridgehead atoms. The maximum absolute atomic E-state index is 12.6.